The van der Waals surface area contributed by atoms with Crippen LogP contribution in [0.5, 0.6) is 0 Å². The van der Waals surface area contributed by atoms with E-state index in [4.69, 9.17) is 4.74 Å². The molecule has 0 aromatic heterocycles. The minimum atomic E-state index is -0.152. The van der Waals surface area contributed by atoms with Crippen molar-refractivity contribution in [3.8, 4) is 0 Å². The first kappa shape index (κ1) is 14.8. The van der Waals surface area contributed by atoms with Crippen molar-refractivity contribution in [1.82, 2.24) is 4.90 Å². The first-order chi connectivity index (χ1) is 9.70. The zero-order valence-corrected chi connectivity index (χ0v) is 12.1. The predicted molar refractivity (Wildman–Crippen MR) is 77.1 cm³/mol. The molecule has 0 N–H and O–H groups in total. The number of allylic oxidation sites excluding steroid dienone is 2. The van der Waals surface area contributed by atoms with Crippen molar-refractivity contribution in [3.63, 3.8) is 0 Å². The molecule has 110 valence electrons. The Morgan fingerprint density at radius 1 is 1.50 bits per heavy atom. The van der Waals surface area contributed by atoms with E-state index in [0.717, 1.165) is 44.2 Å². The Bertz CT molecular complexity index is 425. The van der Waals surface area contributed by atoms with Crippen molar-refractivity contribution in [2.45, 2.75) is 51.5 Å². The fraction of sp³-hybridized carbons (Fsp3) is 0.625. The van der Waals surface area contributed by atoms with Gasteiger partial charge in [0.1, 0.15) is 0 Å². The average Bonchev–Trinajstić information content (AvgIpc) is 2.85. The largest absolute Gasteiger partial charge is 0.466 e. The second-order valence-corrected chi connectivity index (χ2v) is 5.33. The molecule has 2 aliphatic rings. The van der Waals surface area contributed by atoms with E-state index in [-0.39, 0.29) is 11.9 Å². The van der Waals surface area contributed by atoms with Crippen LogP contribution in [0.3, 0.4) is 0 Å². The van der Waals surface area contributed by atoms with Crippen LogP contribution < -0.4 is 0 Å². The molecule has 4 heteroatoms. The van der Waals surface area contributed by atoms with Gasteiger partial charge in [0.15, 0.2) is 0 Å². The monoisotopic (exact) mass is 277 g/mol. The maximum absolute atomic E-state index is 12.2. The molecule has 0 unspecified atom stereocenters. The predicted octanol–water partition coefficient (Wildman–Crippen LogP) is 2.60. The van der Waals surface area contributed by atoms with Gasteiger partial charge in [0.05, 0.1) is 12.6 Å². The van der Waals surface area contributed by atoms with Crippen molar-refractivity contribution in [2.24, 2.45) is 0 Å². The standard InChI is InChI=1S/C16H23NO3/c1-2-20-16(19)10-4-7-13-6-3-8-14-9-5-11-17(14)15(18)12-13/h3,8,12,14H,2,4-7,9-11H2,1H3/b8-3-,13-12+/t14-/m1/s1. The molecule has 0 aliphatic carbocycles. The molecule has 0 bridgehead atoms. The molecule has 20 heavy (non-hydrogen) atoms. The Morgan fingerprint density at radius 2 is 2.35 bits per heavy atom. The molecule has 1 saturated heterocycles. The summed E-state index contributed by atoms with van der Waals surface area (Å²) in [5, 5.41) is 0. The summed E-state index contributed by atoms with van der Waals surface area (Å²) in [6.45, 7) is 3.10. The molecule has 0 saturated carbocycles. The first-order valence-corrected chi connectivity index (χ1v) is 7.53. The molecule has 0 radical (unpaired) electrons. The lowest BCUT2D eigenvalue weighted by Crippen LogP contribution is -2.33. The number of esters is 1. The lowest BCUT2D eigenvalue weighted by Gasteiger charge is -2.23. The lowest BCUT2D eigenvalue weighted by atomic mass is 10.0. The fourth-order valence-corrected chi connectivity index (χ4v) is 2.83. The summed E-state index contributed by atoms with van der Waals surface area (Å²) in [5.41, 5.74) is 1.11. The van der Waals surface area contributed by atoms with Gasteiger partial charge in [-0.2, -0.15) is 0 Å². The van der Waals surface area contributed by atoms with Gasteiger partial charge in [0, 0.05) is 19.0 Å². The minimum Gasteiger partial charge on any atom is -0.466 e. The Balaban J connectivity index is 1.86. The van der Waals surface area contributed by atoms with Gasteiger partial charge in [-0.1, -0.05) is 17.7 Å². The van der Waals surface area contributed by atoms with Crippen LogP contribution in [0.2, 0.25) is 0 Å². The molecule has 4 nitrogen and oxygen atoms in total. The van der Waals surface area contributed by atoms with E-state index in [2.05, 4.69) is 12.2 Å². The summed E-state index contributed by atoms with van der Waals surface area (Å²) in [7, 11) is 0. The average molecular weight is 277 g/mol. The number of hydrogen-bond acceptors (Lipinski definition) is 3. The number of rotatable bonds is 5. The summed E-state index contributed by atoms with van der Waals surface area (Å²) >= 11 is 0. The number of ether oxygens (including phenoxy) is 1. The van der Waals surface area contributed by atoms with E-state index < -0.39 is 0 Å². The van der Waals surface area contributed by atoms with Gasteiger partial charge in [0.25, 0.3) is 0 Å². The van der Waals surface area contributed by atoms with E-state index in [9.17, 15) is 9.59 Å². The van der Waals surface area contributed by atoms with Gasteiger partial charge in [-0.05, 0) is 39.0 Å². The highest BCUT2D eigenvalue weighted by Crippen LogP contribution is 2.23. The van der Waals surface area contributed by atoms with E-state index in [1.807, 2.05) is 11.8 Å². The second-order valence-electron chi connectivity index (χ2n) is 5.33. The third-order valence-electron chi connectivity index (χ3n) is 3.83. The van der Waals surface area contributed by atoms with Gasteiger partial charge >= 0.3 is 5.97 Å². The van der Waals surface area contributed by atoms with Gasteiger partial charge in [-0.3, -0.25) is 9.59 Å². The third kappa shape index (κ3) is 3.95. The lowest BCUT2D eigenvalue weighted by molar-refractivity contribution is -0.143. The Labute approximate surface area is 120 Å². The van der Waals surface area contributed by atoms with Gasteiger partial charge in [-0.15, -0.1) is 0 Å². The van der Waals surface area contributed by atoms with Crippen LogP contribution in [-0.2, 0) is 14.3 Å². The molecule has 2 aliphatic heterocycles. The van der Waals surface area contributed by atoms with Crippen LogP contribution in [0.15, 0.2) is 23.8 Å². The highest BCUT2D eigenvalue weighted by atomic mass is 16.5. The molecule has 1 atom stereocenters. The van der Waals surface area contributed by atoms with Gasteiger partial charge in [0.2, 0.25) is 5.91 Å². The Kier molecular flexibility index (Phi) is 5.39. The van der Waals surface area contributed by atoms with Crippen LogP contribution in [-0.4, -0.2) is 36.0 Å². The third-order valence-corrected chi connectivity index (χ3v) is 3.83. The van der Waals surface area contributed by atoms with Crippen molar-refractivity contribution >= 4 is 11.9 Å². The molecule has 0 spiro atoms. The van der Waals surface area contributed by atoms with E-state index in [1.165, 1.54) is 0 Å². The normalized spacial score (nSPS) is 26.2. The van der Waals surface area contributed by atoms with Gasteiger partial charge in [-0.25, -0.2) is 0 Å². The quantitative estimate of drug-likeness (QED) is 0.573. The maximum atomic E-state index is 12.2. The summed E-state index contributed by atoms with van der Waals surface area (Å²) in [6, 6.07) is 0.292. The molecule has 2 rings (SSSR count). The number of nitrogens with zero attached hydrogens (tertiary/aromatic N) is 1. The van der Waals surface area contributed by atoms with Crippen LogP contribution in [0.4, 0.5) is 0 Å². The van der Waals surface area contributed by atoms with Crippen LogP contribution in [0.25, 0.3) is 0 Å². The SMILES string of the molecule is CCOC(=O)CCC/C1=C/C(=O)N2CCC[C@H]2/C=C\C1. The van der Waals surface area contributed by atoms with E-state index in [1.54, 1.807) is 6.08 Å². The van der Waals surface area contributed by atoms with Crippen molar-refractivity contribution < 1.29 is 14.3 Å². The Hall–Kier alpha value is -1.58. The zero-order chi connectivity index (χ0) is 14.4. The minimum absolute atomic E-state index is 0.128. The van der Waals surface area contributed by atoms with E-state index >= 15 is 0 Å². The van der Waals surface area contributed by atoms with Crippen molar-refractivity contribution in [3.05, 3.63) is 23.8 Å². The topological polar surface area (TPSA) is 46.6 Å². The molecule has 2 heterocycles. The summed E-state index contributed by atoms with van der Waals surface area (Å²) in [4.78, 5) is 25.4. The highest BCUT2D eigenvalue weighted by molar-refractivity contribution is 5.89. The smallest absolute Gasteiger partial charge is 0.305 e. The summed E-state index contributed by atoms with van der Waals surface area (Å²) in [6.07, 6.45) is 11.0. The first-order valence-electron chi connectivity index (χ1n) is 7.53. The van der Waals surface area contributed by atoms with E-state index in [0.29, 0.717) is 19.1 Å². The van der Waals surface area contributed by atoms with Crippen molar-refractivity contribution in [2.75, 3.05) is 13.2 Å². The Morgan fingerprint density at radius 3 is 3.15 bits per heavy atom. The number of carbonyl (C=O) groups is 2. The van der Waals surface area contributed by atoms with Gasteiger partial charge < -0.3 is 9.64 Å². The van der Waals surface area contributed by atoms with Crippen LogP contribution in [0.1, 0.15) is 45.4 Å². The molecular formula is C16H23NO3. The summed E-state index contributed by atoms with van der Waals surface area (Å²) in [5.74, 6) is -0.0246. The number of hydrogen-bond donors (Lipinski definition) is 0. The molecule has 1 amide bonds. The highest BCUT2D eigenvalue weighted by Gasteiger charge is 2.26. The molecule has 0 aromatic rings. The number of fused-ring (bicyclic) bond motifs is 1. The van der Waals surface area contributed by atoms with Crippen molar-refractivity contribution in [1.29, 1.82) is 0 Å². The van der Waals surface area contributed by atoms with Crippen LogP contribution >= 0.6 is 0 Å². The molecule has 0 aromatic carbocycles. The molecular weight excluding hydrogens is 254 g/mol. The second kappa shape index (κ2) is 7.27. The van der Waals surface area contributed by atoms with Crippen LogP contribution in [0, 0.1) is 0 Å². The fourth-order valence-electron chi connectivity index (χ4n) is 2.83. The maximum Gasteiger partial charge on any atom is 0.305 e. The summed E-state index contributed by atoms with van der Waals surface area (Å²) < 4.78 is 4.91. The zero-order valence-electron chi connectivity index (χ0n) is 12.1. The molecule has 1 fully saturated rings. The number of amides is 1. The number of carbonyl (C=O) groups excluding carboxylic acids is 2.